The summed E-state index contributed by atoms with van der Waals surface area (Å²) in [6.45, 7) is 0. The smallest absolute Gasteiger partial charge is 0.258 e. The molecule has 0 fully saturated rings. The summed E-state index contributed by atoms with van der Waals surface area (Å²) >= 11 is 0.972. The number of nitro groups is 2. The van der Waals surface area contributed by atoms with Crippen LogP contribution in [0.25, 0.3) is 0 Å². The van der Waals surface area contributed by atoms with Gasteiger partial charge in [-0.25, -0.2) is 0 Å². The second kappa shape index (κ2) is 6.79. The lowest BCUT2D eigenvalue weighted by atomic mass is 10.3. The molecule has 6 nitrogen and oxygen atoms in total. The maximum atomic E-state index is 11.2. The van der Waals surface area contributed by atoms with Crippen molar-refractivity contribution in [3.05, 3.63) is 62.7 Å². The van der Waals surface area contributed by atoms with Crippen LogP contribution in [-0.2, 0) is 0 Å². The summed E-state index contributed by atoms with van der Waals surface area (Å²) < 4.78 is 0. The summed E-state index contributed by atoms with van der Waals surface area (Å²) in [4.78, 5) is 22.1. The fourth-order valence-electron chi connectivity index (χ4n) is 1.64. The highest BCUT2D eigenvalue weighted by Gasteiger charge is 2.23. The average molecular weight is 343 g/mol. The van der Waals surface area contributed by atoms with Crippen molar-refractivity contribution in [1.29, 1.82) is 0 Å². The van der Waals surface area contributed by atoms with Gasteiger partial charge in [0.05, 0.1) is 19.6 Å². The van der Waals surface area contributed by atoms with E-state index in [4.69, 9.17) is 10.7 Å². The molecule has 0 atom stereocenters. The molecule has 0 aliphatic carbocycles. The summed E-state index contributed by atoms with van der Waals surface area (Å²) in [5.74, 6) is 0. The molecule has 0 heterocycles. The maximum Gasteiger partial charge on any atom is 0.297 e. The van der Waals surface area contributed by atoms with Crippen LogP contribution in [0.2, 0.25) is 0 Å². The number of hydrogen-bond acceptors (Lipinski definition) is 6. The molecule has 9 heteroatoms. The molecule has 0 saturated carbocycles. The number of rotatable bonds is 5. The van der Waals surface area contributed by atoms with Gasteiger partial charge >= 0.3 is 0 Å². The summed E-state index contributed by atoms with van der Waals surface area (Å²) in [5, 5.41) is 22.2. The molecule has 0 amide bonds. The van der Waals surface area contributed by atoms with E-state index in [1.165, 1.54) is 18.2 Å². The number of hydrogen-bond donors (Lipinski definition) is 0. The summed E-state index contributed by atoms with van der Waals surface area (Å²) in [7, 11) is 6.37. The van der Waals surface area contributed by atoms with Crippen LogP contribution in [0.3, 0.4) is 0 Å². The highest BCUT2D eigenvalue weighted by Crippen LogP contribution is 2.43. The number of nitrogens with zero attached hydrogens (tertiary/aromatic N) is 2. The van der Waals surface area contributed by atoms with Gasteiger partial charge in [-0.3, -0.25) is 20.2 Å². The van der Waals surface area contributed by atoms with Crippen molar-refractivity contribution in [2.24, 2.45) is 0 Å². The van der Waals surface area contributed by atoms with E-state index in [2.05, 4.69) is 0 Å². The first-order valence-electron chi connectivity index (χ1n) is 5.52. The van der Waals surface area contributed by atoms with Gasteiger partial charge in [-0.1, -0.05) is 30.0 Å². The van der Waals surface area contributed by atoms with Crippen molar-refractivity contribution in [2.75, 3.05) is 0 Å². The summed E-state index contributed by atoms with van der Waals surface area (Å²) in [6, 6.07) is 10.8. The second-order valence-electron chi connectivity index (χ2n) is 3.76. The van der Waals surface area contributed by atoms with E-state index < -0.39 is 9.85 Å². The predicted octanol–water partition coefficient (Wildman–Crippen LogP) is 4.90. The first kappa shape index (κ1) is 15.6. The minimum atomic E-state index is -0.540. The topological polar surface area (TPSA) is 86.3 Å². The Balaban J connectivity index is 2.50. The molecule has 0 aromatic heterocycles. The molecule has 0 unspecified atom stereocenters. The van der Waals surface area contributed by atoms with Crippen LogP contribution < -0.4 is 0 Å². The quantitative estimate of drug-likeness (QED) is 0.567. The molecule has 0 aliphatic rings. The Labute approximate surface area is 132 Å². The highest BCUT2D eigenvalue weighted by atomic mass is 35.7. The monoisotopic (exact) mass is 342 g/mol. The Morgan fingerprint density at radius 2 is 1.48 bits per heavy atom. The largest absolute Gasteiger partial charge is 0.297 e. The van der Waals surface area contributed by atoms with Crippen LogP contribution in [0, 0.1) is 20.2 Å². The molecule has 21 heavy (non-hydrogen) atoms. The third kappa shape index (κ3) is 3.46. The minimum Gasteiger partial charge on any atom is -0.258 e. The highest BCUT2D eigenvalue weighted by molar-refractivity contribution is 8.21. The molecule has 2 aromatic rings. The first-order valence-corrected chi connectivity index (χ1v) is 7.97. The van der Waals surface area contributed by atoms with E-state index in [9.17, 15) is 20.2 Å². The lowest BCUT2D eigenvalue weighted by Gasteiger charge is -2.05. The van der Waals surface area contributed by atoms with Gasteiger partial charge in [-0.2, -0.15) is 0 Å². The number of halogens is 1. The molecule has 2 aromatic carbocycles. The number of nitro benzene ring substituents is 2. The molecule has 0 N–H and O–H groups in total. The van der Waals surface area contributed by atoms with Gasteiger partial charge in [0.25, 0.3) is 11.4 Å². The second-order valence-corrected chi connectivity index (χ2v) is 5.90. The Morgan fingerprint density at radius 3 is 2.10 bits per heavy atom. The van der Waals surface area contributed by atoms with Crippen molar-refractivity contribution in [3.8, 4) is 0 Å². The Hall–Kier alpha value is -1.77. The lowest BCUT2D eigenvalue weighted by molar-refractivity contribution is -0.390. The predicted molar refractivity (Wildman–Crippen MR) is 82.0 cm³/mol. The van der Waals surface area contributed by atoms with Crippen LogP contribution in [0.1, 0.15) is 0 Å². The Kier molecular flexibility index (Phi) is 5.05. The molecule has 0 aliphatic heterocycles. The maximum absolute atomic E-state index is 11.2. The van der Waals surface area contributed by atoms with Gasteiger partial charge < -0.3 is 0 Å². The van der Waals surface area contributed by atoms with Gasteiger partial charge in [-0.05, 0) is 39.9 Å². The molecule has 0 bridgehead atoms. The van der Waals surface area contributed by atoms with Crippen molar-refractivity contribution in [1.82, 2.24) is 0 Å². The average Bonchev–Trinajstić information content (AvgIpc) is 2.47. The Morgan fingerprint density at radius 1 is 0.857 bits per heavy atom. The van der Waals surface area contributed by atoms with Gasteiger partial charge in [0.15, 0.2) is 0 Å². The van der Waals surface area contributed by atoms with E-state index in [-0.39, 0.29) is 11.4 Å². The molecule has 0 radical (unpaired) electrons. The third-order valence-electron chi connectivity index (χ3n) is 2.51. The van der Waals surface area contributed by atoms with Gasteiger partial charge in [0.1, 0.15) is 4.90 Å². The zero-order valence-corrected chi connectivity index (χ0v) is 12.7. The molecule has 2 rings (SSSR count). The van der Waals surface area contributed by atoms with Crippen LogP contribution in [0.4, 0.5) is 11.4 Å². The van der Waals surface area contributed by atoms with E-state index in [1.54, 1.807) is 24.3 Å². The SMILES string of the molecule is O=[N+]([O-])c1ccccc1Sc1cccc(SCl)c1[N+](=O)[O-]. The molecule has 0 spiro atoms. The summed E-state index contributed by atoms with van der Waals surface area (Å²) in [6.07, 6.45) is 0. The molecular weight excluding hydrogens is 336 g/mol. The minimum absolute atomic E-state index is 0.0965. The fraction of sp³-hybridized carbons (Fsp3) is 0. The zero-order valence-electron chi connectivity index (χ0n) is 10.3. The standard InChI is InChI=1S/C12H7ClN2O4S2/c13-21-11-7-3-6-10(12(11)15(18)19)20-9-5-2-1-4-8(9)14(16)17/h1-7H. The van der Waals surface area contributed by atoms with E-state index in [0.717, 1.165) is 22.7 Å². The molecular formula is C12H7ClN2O4S2. The third-order valence-corrected chi connectivity index (χ3v) is 4.62. The fourth-order valence-corrected chi connectivity index (χ4v) is 3.52. The van der Waals surface area contributed by atoms with Crippen LogP contribution in [0.5, 0.6) is 0 Å². The van der Waals surface area contributed by atoms with Crippen LogP contribution in [-0.4, -0.2) is 9.85 Å². The van der Waals surface area contributed by atoms with Crippen molar-refractivity contribution in [3.63, 3.8) is 0 Å². The Bertz CT molecular complexity index is 711. The van der Waals surface area contributed by atoms with E-state index in [0.29, 0.717) is 14.7 Å². The van der Waals surface area contributed by atoms with Crippen molar-refractivity contribution >= 4 is 44.8 Å². The summed E-state index contributed by atoms with van der Waals surface area (Å²) in [5.41, 5.74) is -0.249. The van der Waals surface area contributed by atoms with Crippen LogP contribution >= 0.6 is 33.4 Å². The molecule has 0 saturated heterocycles. The lowest BCUT2D eigenvalue weighted by Crippen LogP contribution is -1.94. The molecule has 108 valence electrons. The van der Waals surface area contributed by atoms with Crippen LogP contribution in [0.15, 0.2) is 57.2 Å². The number of benzene rings is 2. The van der Waals surface area contributed by atoms with Gasteiger partial charge in [-0.15, -0.1) is 0 Å². The zero-order chi connectivity index (χ0) is 15.4. The van der Waals surface area contributed by atoms with Gasteiger partial charge in [0, 0.05) is 6.07 Å². The van der Waals surface area contributed by atoms with Gasteiger partial charge in [0.2, 0.25) is 0 Å². The normalized spacial score (nSPS) is 10.3. The van der Waals surface area contributed by atoms with Crippen molar-refractivity contribution in [2.45, 2.75) is 14.7 Å². The first-order chi connectivity index (χ1) is 10.0. The van der Waals surface area contributed by atoms with E-state index in [1.807, 2.05) is 0 Å². The van der Waals surface area contributed by atoms with E-state index >= 15 is 0 Å². The number of para-hydroxylation sites is 2. The van der Waals surface area contributed by atoms with Crippen molar-refractivity contribution < 1.29 is 9.85 Å².